The lowest BCUT2D eigenvalue weighted by Gasteiger charge is -2.21. The van der Waals surface area contributed by atoms with E-state index in [0.717, 1.165) is 37.3 Å². The maximum Gasteiger partial charge on any atom is 0.321 e. The first-order chi connectivity index (χ1) is 10.2. The van der Waals surface area contributed by atoms with Crippen molar-refractivity contribution in [1.29, 1.82) is 0 Å². The van der Waals surface area contributed by atoms with Gasteiger partial charge >= 0.3 is 6.03 Å². The zero-order valence-electron chi connectivity index (χ0n) is 12.8. The number of likely N-dealkylation sites (N-methyl/N-ethyl adjacent to an activating group) is 1. The van der Waals surface area contributed by atoms with Gasteiger partial charge in [0, 0.05) is 32.0 Å². The van der Waals surface area contributed by atoms with Crippen LogP contribution in [0.5, 0.6) is 5.75 Å². The summed E-state index contributed by atoms with van der Waals surface area (Å²) >= 11 is 0. The molecule has 0 spiro atoms. The van der Waals surface area contributed by atoms with Crippen molar-refractivity contribution in [2.24, 2.45) is 0 Å². The summed E-state index contributed by atoms with van der Waals surface area (Å²) in [6, 6.07) is 7.34. The summed E-state index contributed by atoms with van der Waals surface area (Å²) in [6.07, 6.45) is 3.23. The molecule has 0 radical (unpaired) electrons. The van der Waals surface area contributed by atoms with Crippen molar-refractivity contribution in [3.63, 3.8) is 0 Å². The Hall–Kier alpha value is -1.75. The minimum absolute atomic E-state index is 0.127. The number of amides is 2. The first-order valence-corrected chi connectivity index (χ1v) is 7.55. The molecule has 1 N–H and O–H groups in total. The van der Waals surface area contributed by atoms with E-state index in [1.807, 2.05) is 24.3 Å². The Morgan fingerprint density at radius 1 is 1.52 bits per heavy atom. The molecule has 1 aromatic carbocycles. The van der Waals surface area contributed by atoms with E-state index in [4.69, 9.17) is 9.47 Å². The highest BCUT2D eigenvalue weighted by Gasteiger charge is 2.20. The van der Waals surface area contributed by atoms with Crippen molar-refractivity contribution in [1.82, 2.24) is 4.90 Å². The highest BCUT2D eigenvalue weighted by Crippen LogP contribution is 2.18. The average Bonchev–Trinajstić information content (AvgIpc) is 2.98. The number of rotatable bonds is 6. The number of ether oxygens (including phenoxy) is 2. The third kappa shape index (κ3) is 4.93. The zero-order valence-corrected chi connectivity index (χ0v) is 12.8. The van der Waals surface area contributed by atoms with E-state index in [9.17, 15) is 4.79 Å². The van der Waals surface area contributed by atoms with Crippen molar-refractivity contribution in [3.05, 3.63) is 24.3 Å². The van der Waals surface area contributed by atoms with Crippen LogP contribution in [0.15, 0.2) is 24.3 Å². The summed E-state index contributed by atoms with van der Waals surface area (Å²) in [5, 5.41) is 2.88. The van der Waals surface area contributed by atoms with Crippen LogP contribution >= 0.6 is 0 Å². The molecule has 0 bridgehead atoms. The first-order valence-electron chi connectivity index (χ1n) is 7.55. The number of urea groups is 1. The quantitative estimate of drug-likeness (QED) is 0.876. The Morgan fingerprint density at radius 3 is 3.10 bits per heavy atom. The Bertz CT molecular complexity index is 459. The van der Waals surface area contributed by atoms with Gasteiger partial charge in [0.25, 0.3) is 0 Å². The van der Waals surface area contributed by atoms with Crippen molar-refractivity contribution >= 4 is 11.7 Å². The van der Waals surface area contributed by atoms with Gasteiger partial charge in [0.2, 0.25) is 0 Å². The van der Waals surface area contributed by atoms with Gasteiger partial charge < -0.3 is 19.7 Å². The predicted octanol–water partition coefficient (Wildman–Crippen LogP) is 3.12. The van der Waals surface area contributed by atoms with Crippen molar-refractivity contribution < 1.29 is 14.3 Å². The Labute approximate surface area is 126 Å². The highest BCUT2D eigenvalue weighted by molar-refractivity contribution is 5.89. The third-order valence-electron chi connectivity index (χ3n) is 3.41. The summed E-state index contributed by atoms with van der Waals surface area (Å²) in [5.41, 5.74) is 0.743. The van der Waals surface area contributed by atoms with Crippen LogP contribution in [0.25, 0.3) is 0 Å². The van der Waals surface area contributed by atoms with Crippen LogP contribution in [0.1, 0.15) is 26.2 Å². The van der Waals surface area contributed by atoms with Gasteiger partial charge in [-0.25, -0.2) is 4.79 Å². The van der Waals surface area contributed by atoms with E-state index in [-0.39, 0.29) is 12.1 Å². The zero-order chi connectivity index (χ0) is 15.1. The minimum Gasteiger partial charge on any atom is -0.494 e. The lowest BCUT2D eigenvalue weighted by atomic mass is 10.2. The summed E-state index contributed by atoms with van der Waals surface area (Å²) in [7, 11) is 1.79. The maximum absolute atomic E-state index is 12.1. The monoisotopic (exact) mass is 292 g/mol. The molecule has 1 aromatic rings. The number of nitrogens with one attached hydrogen (secondary N) is 1. The van der Waals surface area contributed by atoms with Crippen LogP contribution in [0.3, 0.4) is 0 Å². The SMILES string of the molecule is CCCOc1cccc(NC(=O)N(C)C[C@@H]2CCCO2)c1. The molecule has 0 saturated carbocycles. The Morgan fingerprint density at radius 2 is 2.38 bits per heavy atom. The number of nitrogens with zero attached hydrogens (tertiary/aromatic N) is 1. The number of hydrogen-bond acceptors (Lipinski definition) is 3. The molecule has 5 nitrogen and oxygen atoms in total. The fourth-order valence-electron chi connectivity index (χ4n) is 2.28. The second-order valence-electron chi connectivity index (χ2n) is 5.32. The van der Waals surface area contributed by atoms with Crippen LogP contribution in [-0.2, 0) is 4.74 Å². The second-order valence-corrected chi connectivity index (χ2v) is 5.32. The first kappa shape index (κ1) is 15.6. The Balaban J connectivity index is 1.85. The van der Waals surface area contributed by atoms with Gasteiger partial charge in [0.05, 0.1) is 12.7 Å². The van der Waals surface area contributed by atoms with Gasteiger partial charge in [0.15, 0.2) is 0 Å². The largest absolute Gasteiger partial charge is 0.494 e. The normalized spacial score (nSPS) is 17.5. The van der Waals surface area contributed by atoms with Crippen LogP contribution < -0.4 is 10.1 Å². The fourth-order valence-corrected chi connectivity index (χ4v) is 2.28. The lowest BCUT2D eigenvalue weighted by Crippen LogP contribution is -2.37. The molecule has 21 heavy (non-hydrogen) atoms. The molecule has 1 aliphatic heterocycles. The standard InChI is InChI=1S/C16H24N2O3/c1-3-9-20-14-7-4-6-13(11-14)17-16(19)18(2)12-15-8-5-10-21-15/h4,6-7,11,15H,3,5,8-10,12H2,1-2H3,(H,17,19)/t15-/m0/s1. The summed E-state index contributed by atoms with van der Waals surface area (Å²) < 4.78 is 11.1. The van der Waals surface area contributed by atoms with Gasteiger partial charge in [-0.15, -0.1) is 0 Å². The van der Waals surface area contributed by atoms with Gasteiger partial charge in [-0.3, -0.25) is 0 Å². The smallest absolute Gasteiger partial charge is 0.321 e. The molecule has 1 aliphatic rings. The summed E-state index contributed by atoms with van der Waals surface area (Å²) in [4.78, 5) is 13.8. The Kier molecular flexibility index (Phi) is 5.87. The van der Waals surface area contributed by atoms with E-state index in [1.54, 1.807) is 11.9 Å². The molecule has 1 atom stereocenters. The molecule has 1 saturated heterocycles. The lowest BCUT2D eigenvalue weighted by molar-refractivity contribution is 0.0894. The summed E-state index contributed by atoms with van der Waals surface area (Å²) in [6.45, 7) is 4.16. The van der Waals surface area contributed by atoms with E-state index >= 15 is 0 Å². The molecule has 2 amide bonds. The van der Waals surface area contributed by atoms with Crippen molar-refractivity contribution in [3.8, 4) is 5.75 Å². The highest BCUT2D eigenvalue weighted by atomic mass is 16.5. The molecular formula is C16H24N2O3. The van der Waals surface area contributed by atoms with E-state index in [1.165, 1.54) is 0 Å². The molecular weight excluding hydrogens is 268 g/mol. The van der Waals surface area contributed by atoms with Gasteiger partial charge in [-0.05, 0) is 31.4 Å². The molecule has 0 aromatic heterocycles. The van der Waals surface area contributed by atoms with E-state index in [0.29, 0.717) is 13.2 Å². The number of benzene rings is 1. The van der Waals surface area contributed by atoms with Crippen LogP contribution in [0.2, 0.25) is 0 Å². The molecule has 1 fully saturated rings. The average molecular weight is 292 g/mol. The van der Waals surface area contributed by atoms with Gasteiger partial charge in [-0.2, -0.15) is 0 Å². The molecule has 0 unspecified atom stereocenters. The number of carbonyl (C=O) groups excluding carboxylic acids is 1. The fraction of sp³-hybridized carbons (Fsp3) is 0.562. The summed E-state index contributed by atoms with van der Waals surface area (Å²) in [5.74, 6) is 0.774. The number of hydrogen-bond donors (Lipinski definition) is 1. The van der Waals surface area contributed by atoms with Crippen LogP contribution in [0, 0.1) is 0 Å². The number of anilines is 1. The van der Waals surface area contributed by atoms with E-state index in [2.05, 4.69) is 12.2 Å². The predicted molar refractivity (Wildman–Crippen MR) is 82.9 cm³/mol. The van der Waals surface area contributed by atoms with E-state index < -0.39 is 0 Å². The molecule has 1 heterocycles. The molecule has 2 rings (SSSR count). The van der Waals surface area contributed by atoms with Crippen LogP contribution in [-0.4, -0.2) is 43.8 Å². The topological polar surface area (TPSA) is 50.8 Å². The van der Waals surface area contributed by atoms with Crippen molar-refractivity contribution in [2.75, 3.05) is 32.1 Å². The minimum atomic E-state index is -0.127. The third-order valence-corrected chi connectivity index (χ3v) is 3.41. The van der Waals surface area contributed by atoms with Gasteiger partial charge in [0.1, 0.15) is 5.75 Å². The molecule has 0 aliphatic carbocycles. The molecule has 5 heteroatoms. The van der Waals surface area contributed by atoms with Crippen LogP contribution in [0.4, 0.5) is 10.5 Å². The number of carbonyl (C=O) groups is 1. The maximum atomic E-state index is 12.1. The molecule has 116 valence electrons. The van der Waals surface area contributed by atoms with Gasteiger partial charge in [-0.1, -0.05) is 13.0 Å². The van der Waals surface area contributed by atoms with Crippen molar-refractivity contribution in [2.45, 2.75) is 32.3 Å². The second kappa shape index (κ2) is 7.88.